The van der Waals surface area contributed by atoms with E-state index in [1.54, 1.807) is 7.11 Å². The second kappa shape index (κ2) is 12.4. The van der Waals surface area contributed by atoms with Crippen LogP contribution in [0.4, 0.5) is 0 Å². The summed E-state index contributed by atoms with van der Waals surface area (Å²) >= 11 is 0. The first-order valence-electron chi connectivity index (χ1n) is 9.01. The smallest absolute Gasteiger partial charge is 0.191 e. The van der Waals surface area contributed by atoms with E-state index in [9.17, 15) is 0 Å². The van der Waals surface area contributed by atoms with Crippen LogP contribution < -0.4 is 15.4 Å². The first-order valence-corrected chi connectivity index (χ1v) is 9.01. The van der Waals surface area contributed by atoms with Crippen molar-refractivity contribution in [2.45, 2.75) is 26.2 Å². The molecule has 0 spiro atoms. The van der Waals surface area contributed by atoms with Crippen LogP contribution in [0.2, 0.25) is 0 Å². The number of benzene rings is 1. The molecule has 1 unspecified atom stereocenters. The van der Waals surface area contributed by atoms with Gasteiger partial charge in [0.25, 0.3) is 0 Å². The molecule has 6 heteroatoms. The lowest BCUT2D eigenvalue weighted by atomic mass is 10.0. The Kier molecular flexibility index (Phi) is 10.9. The van der Waals surface area contributed by atoms with Crippen molar-refractivity contribution in [1.82, 2.24) is 15.5 Å². The zero-order chi connectivity index (χ0) is 17.2. The van der Waals surface area contributed by atoms with Gasteiger partial charge in [0.2, 0.25) is 0 Å². The Labute approximate surface area is 169 Å². The molecule has 142 valence electrons. The third-order valence-electron chi connectivity index (χ3n) is 4.56. The Morgan fingerprint density at radius 1 is 1.28 bits per heavy atom. The van der Waals surface area contributed by atoms with Crippen molar-refractivity contribution < 1.29 is 4.74 Å². The van der Waals surface area contributed by atoms with Gasteiger partial charge in [0.15, 0.2) is 5.96 Å². The van der Waals surface area contributed by atoms with Crippen LogP contribution in [-0.2, 0) is 6.42 Å². The molecule has 1 aromatic rings. The molecule has 5 nitrogen and oxygen atoms in total. The molecule has 1 atom stereocenters. The van der Waals surface area contributed by atoms with Crippen LogP contribution in [0.1, 0.15) is 25.3 Å². The summed E-state index contributed by atoms with van der Waals surface area (Å²) in [6, 6.07) is 8.15. The Bertz CT molecular complexity index is 524. The Morgan fingerprint density at radius 3 is 2.76 bits per heavy atom. The number of methoxy groups -OCH3 is 1. The average Bonchev–Trinajstić information content (AvgIpc) is 2.61. The van der Waals surface area contributed by atoms with Crippen molar-refractivity contribution in [2.24, 2.45) is 10.9 Å². The molecule has 2 N–H and O–H groups in total. The molecule has 2 rings (SSSR count). The first-order chi connectivity index (χ1) is 11.7. The number of nitrogens with zero attached hydrogens (tertiary/aromatic N) is 2. The summed E-state index contributed by atoms with van der Waals surface area (Å²) in [5, 5.41) is 6.79. The Morgan fingerprint density at radius 2 is 2.04 bits per heavy atom. The normalized spacial score (nSPS) is 18.4. The number of aliphatic imine (C=N–C) groups is 1. The van der Waals surface area contributed by atoms with Gasteiger partial charge in [-0.1, -0.05) is 25.1 Å². The third-order valence-corrected chi connectivity index (χ3v) is 4.56. The molecule has 1 fully saturated rings. The van der Waals surface area contributed by atoms with E-state index in [1.807, 2.05) is 25.2 Å². The highest BCUT2D eigenvalue weighted by Crippen LogP contribution is 2.17. The molecule has 1 heterocycles. The van der Waals surface area contributed by atoms with Gasteiger partial charge in [-0.25, -0.2) is 0 Å². The Hall–Kier alpha value is -1.02. The molecule has 1 saturated heterocycles. The molecule has 0 aliphatic carbocycles. The van der Waals surface area contributed by atoms with Crippen LogP contribution >= 0.6 is 24.0 Å². The molecule has 0 amide bonds. The van der Waals surface area contributed by atoms with Gasteiger partial charge >= 0.3 is 0 Å². The number of nitrogens with one attached hydrogen (secondary N) is 2. The van der Waals surface area contributed by atoms with Crippen LogP contribution in [0.25, 0.3) is 0 Å². The SMILES string of the molecule is CN=C(NCCc1ccccc1OC)NCCN1CCCC(C)C1.I. The summed E-state index contributed by atoms with van der Waals surface area (Å²) in [5.41, 5.74) is 1.21. The molecular formula is C19H33IN4O. The standard InChI is InChI=1S/C19H32N4O.HI/c1-16-7-6-13-23(15-16)14-12-22-19(20-2)21-11-10-17-8-4-5-9-18(17)24-3;/h4-5,8-9,16H,6-7,10-15H2,1-3H3,(H2,20,21,22);1H. The number of para-hydroxylation sites is 1. The summed E-state index contributed by atoms with van der Waals surface area (Å²) in [7, 11) is 3.54. The van der Waals surface area contributed by atoms with E-state index in [4.69, 9.17) is 4.74 Å². The predicted octanol–water partition coefficient (Wildman–Crippen LogP) is 2.75. The molecule has 25 heavy (non-hydrogen) atoms. The van der Waals surface area contributed by atoms with E-state index in [-0.39, 0.29) is 24.0 Å². The molecule has 1 aliphatic rings. The number of ether oxygens (including phenoxy) is 1. The highest BCUT2D eigenvalue weighted by atomic mass is 127. The van der Waals surface area contributed by atoms with E-state index in [2.05, 4.69) is 33.5 Å². The summed E-state index contributed by atoms with van der Waals surface area (Å²) in [6.45, 7) is 7.64. The van der Waals surface area contributed by atoms with E-state index in [0.717, 1.165) is 43.7 Å². The minimum atomic E-state index is 0. The molecule has 0 aromatic heterocycles. The zero-order valence-electron chi connectivity index (χ0n) is 15.8. The fourth-order valence-corrected chi connectivity index (χ4v) is 3.27. The minimum Gasteiger partial charge on any atom is -0.496 e. The van der Waals surface area contributed by atoms with Crippen molar-refractivity contribution in [3.63, 3.8) is 0 Å². The highest BCUT2D eigenvalue weighted by Gasteiger charge is 2.15. The monoisotopic (exact) mass is 460 g/mol. The van der Waals surface area contributed by atoms with E-state index < -0.39 is 0 Å². The van der Waals surface area contributed by atoms with Crippen LogP contribution in [-0.4, -0.2) is 57.7 Å². The first kappa shape index (κ1) is 22.0. The van der Waals surface area contributed by atoms with Gasteiger partial charge in [0, 0.05) is 33.2 Å². The maximum Gasteiger partial charge on any atom is 0.191 e. The highest BCUT2D eigenvalue weighted by molar-refractivity contribution is 14.0. The van der Waals surface area contributed by atoms with Gasteiger partial charge in [0.05, 0.1) is 7.11 Å². The van der Waals surface area contributed by atoms with Gasteiger partial charge in [-0.15, -0.1) is 24.0 Å². The largest absolute Gasteiger partial charge is 0.496 e. The van der Waals surface area contributed by atoms with Gasteiger partial charge in [0.1, 0.15) is 5.75 Å². The van der Waals surface area contributed by atoms with Crippen molar-refractivity contribution in [3.05, 3.63) is 29.8 Å². The lowest BCUT2D eigenvalue weighted by Gasteiger charge is -2.30. The molecule has 0 radical (unpaired) electrons. The summed E-state index contributed by atoms with van der Waals surface area (Å²) < 4.78 is 5.39. The van der Waals surface area contributed by atoms with Crippen molar-refractivity contribution in [3.8, 4) is 5.75 Å². The number of rotatable bonds is 7. The lowest BCUT2D eigenvalue weighted by molar-refractivity contribution is 0.187. The molecule has 1 aliphatic heterocycles. The maximum absolute atomic E-state index is 5.39. The molecule has 1 aromatic carbocycles. The van der Waals surface area contributed by atoms with Crippen LogP contribution in [0.3, 0.4) is 0 Å². The Balaban J connectivity index is 0.00000312. The van der Waals surface area contributed by atoms with Gasteiger partial charge in [-0.3, -0.25) is 4.99 Å². The summed E-state index contributed by atoms with van der Waals surface area (Å²) in [5.74, 6) is 2.65. The van der Waals surface area contributed by atoms with E-state index in [1.165, 1.54) is 31.5 Å². The molecule has 0 bridgehead atoms. The van der Waals surface area contributed by atoms with E-state index in [0.29, 0.717) is 0 Å². The number of halogens is 1. The number of hydrogen-bond donors (Lipinski definition) is 2. The van der Waals surface area contributed by atoms with E-state index >= 15 is 0 Å². The second-order valence-electron chi connectivity index (χ2n) is 6.54. The van der Waals surface area contributed by atoms with Crippen molar-refractivity contribution >= 4 is 29.9 Å². The number of hydrogen-bond acceptors (Lipinski definition) is 3. The predicted molar refractivity (Wildman–Crippen MR) is 116 cm³/mol. The van der Waals surface area contributed by atoms with Crippen LogP contribution in [0.5, 0.6) is 5.75 Å². The number of likely N-dealkylation sites (tertiary alicyclic amines) is 1. The van der Waals surface area contributed by atoms with Crippen LogP contribution in [0, 0.1) is 5.92 Å². The average molecular weight is 460 g/mol. The second-order valence-corrected chi connectivity index (χ2v) is 6.54. The minimum absolute atomic E-state index is 0. The van der Waals surface area contributed by atoms with Crippen molar-refractivity contribution in [2.75, 3.05) is 46.9 Å². The summed E-state index contributed by atoms with van der Waals surface area (Å²) in [4.78, 5) is 6.85. The van der Waals surface area contributed by atoms with Gasteiger partial charge in [-0.2, -0.15) is 0 Å². The third kappa shape index (κ3) is 7.81. The topological polar surface area (TPSA) is 48.9 Å². The fourth-order valence-electron chi connectivity index (χ4n) is 3.27. The fraction of sp³-hybridized carbons (Fsp3) is 0.632. The maximum atomic E-state index is 5.39. The molecular weight excluding hydrogens is 427 g/mol. The lowest BCUT2D eigenvalue weighted by Crippen LogP contribution is -2.44. The van der Waals surface area contributed by atoms with Crippen molar-refractivity contribution in [1.29, 1.82) is 0 Å². The quantitative estimate of drug-likeness (QED) is 0.373. The zero-order valence-corrected chi connectivity index (χ0v) is 18.1. The summed E-state index contributed by atoms with van der Waals surface area (Å²) in [6.07, 6.45) is 3.61. The van der Waals surface area contributed by atoms with Gasteiger partial charge < -0.3 is 20.3 Å². The van der Waals surface area contributed by atoms with Crippen LogP contribution in [0.15, 0.2) is 29.3 Å². The molecule has 0 saturated carbocycles. The van der Waals surface area contributed by atoms with Gasteiger partial charge in [-0.05, 0) is 43.4 Å². The number of guanidine groups is 1. The number of piperidine rings is 1.